The van der Waals surface area contributed by atoms with Gasteiger partial charge in [0.2, 0.25) is 0 Å². The normalized spacial score (nSPS) is 12.1. The average molecular weight is 462 g/mol. The number of hydrogen-bond acceptors (Lipinski definition) is 2. The molecule has 6 aromatic carbocycles. The van der Waals surface area contributed by atoms with Gasteiger partial charge in [-0.2, -0.15) is 0 Å². The molecular formula is C34H23NO. The van der Waals surface area contributed by atoms with Crippen molar-refractivity contribution in [3.63, 3.8) is 0 Å². The van der Waals surface area contributed by atoms with Gasteiger partial charge in [-0.15, -0.1) is 0 Å². The fourth-order valence-corrected chi connectivity index (χ4v) is 5.11. The van der Waals surface area contributed by atoms with Crippen molar-refractivity contribution in [3.8, 4) is 33.8 Å². The van der Waals surface area contributed by atoms with Crippen molar-refractivity contribution in [1.82, 2.24) is 0 Å². The van der Waals surface area contributed by atoms with Crippen molar-refractivity contribution in [2.45, 2.75) is 0 Å². The molecule has 2 heteroatoms. The highest BCUT2D eigenvalue weighted by Crippen LogP contribution is 2.51. The molecule has 170 valence electrons. The smallest absolute Gasteiger partial charge is 0.152 e. The minimum Gasteiger partial charge on any atom is -0.453 e. The van der Waals surface area contributed by atoms with E-state index in [1.807, 2.05) is 18.2 Å². The van der Waals surface area contributed by atoms with Gasteiger partial charge in [0, 0.05) is 5.69 Å². The minimum absolute atomic E-state index is 0.855. The maximum Gasteiger partial charge on any atom is 0.152 e. The van der Waals surface area contributed by atoms with Crippen LogP contribution < -0.4 is 9.64 Å². The number of nitrogens with zero attached hydrogens (tertiary/aromatic N) is 1. The van der Waals surface area contributed by atoms with Crippen LogP contribution in [0.4, 0.5) is 17.1 Å². The SMILES string of the molecule is c1ccc(N2c3ccccc3Oc3cc(-c4ccc(-c5cccc6ccccc56)cc4)ccc32)cc1. The summed E-state index contributed by atoms with van der Waals surface area (Å²) in [4.78, 5) is 2.27. The van der Waals surface area contributed by atoms with E-state index in [0.717, 1.165) is 39.7 Å². The van der Waals surface area contributed by atoms with Gasteiger partial charge in [-0.05, 0) is 69.4 Å². The van der Waals surface area contributed by atoms with Crippen LogP contribution in [0.25, 0.3) is 33.0 Å². The highest BCUT2D eigenvalue weighted by atomic mass is 16.5. The maximum atomic E-state index is 6.39. The molecule has 0 saturated heterocycles. The Kier molecular flexibility index (Phi) is 4.82. The van der Waals surface area contributed by atoms with Crippen LogP contribution in [0.15, 0.2) is 140 Å². The number of ether oxygens (including phenoxy) is 1. The first-order chi connectivity index (χ1) is 17.8. The molecule has 0 bridgehead atoms. The fraction of sp³-hybridized carbons (Fsp3) is 0. The van der Waals surface area contributed by atoms with Crippen LogP contribution in [0, 0.1) is 0 Å². The molecule has 1 heterocycles. The van der Waals surface area contributed by atoms with Gasteiger partial charge >= 0.3 is 0 Å². The molecule has 1 aliphatic heterocycles. The van der Waals surface area contributed by atoms with E-state index in [1.54, 1.807) is 0 Å². The van der Waals surface area contributed by atoms with Crippen molar-refractivity contribution in [2.75, 3.05) is 4.90 Å². The minimum atomic E-state index is 0.855. The van der Waals surface area contributed by atoms with Crippen molar-refractivity contribution in [3.05, 3.63) is 140 Å². The second-order valence-corrected chi connectivity index (χ2v) is 9.03. The van der Waals surface area contributed by atoms with Crippen LogP contribution in [-0.4, -0.2) is 0 Å². The lowest BCUT2D eigenvalue weighted by Gasteiger charge is -2.33. The van der Waals surface area contributed by atoms with Crippen LogP contribution >= 0.6 is 0 Å². The standard InChI is InChI=1S/C34H23NO/c1-2-11-28(12-3-1)35-31-15-6-7-16-33(31)36-34-23-27(21-22-32(34)35)24-17-19-26(20-18-24)30-14-8-10-25-9-4-5-13-29(25)30/h1-23H. The largest absolute Gasteiger partial charge is 0.453 e. The van der Waals surface area contributed by atoms with Gasteiger partial charge < -0.3 is 9.64 Å². The number of benzene rings is 6. The average Bonchev–Trinajstić information content (AvgIpc) is 2.96. The summed E-state index contributed by atoms with van der Waals surface area (Å²) in [6.07, 6.45) is 0. The Morgan fingerprint density at radius 2 is 1.11 bits per heavy atom. The van der Waals surface area contributed by atoms with Gasteiger partial charge in [-0.1, -0.05) is 103 Å². The molecule has 6 aromatic rings. The van der Waals surface area contributed by atoms with Crippen LogP contribution in [0.3, 0.4) is 0 Å². The molecule has 0 radical (unpaired) electrons. The van der Waals surface area contributed by atoms with E-state index < -0.39 is 0 Å². The summed E-state index contributed by atoms with van der Waals surface area (Å²) in [6, 6.07) is 49.0. The quantitative estimate of drug-likeness (QED) is 0.260. The maximum absolute atomic E-state index is 6.39. The Bertz CT molecular complexity index is 1700. The molecule has 36 heavy (non-hydrogen) atoms. The van der Waals surface area contributed by atoms with E-state index >= 15 is 0 Å². The molecule has 0 N–H and O–H groups in total. The zero-order valence-corrected chi connectivity index (χ0v) is 19.6. The van der Waals surface area contributed by atoms with E-state index in [-0.39, 0.29) is 0 Å². The van der Waals surface area contributed by atoms with Gasteiger partial charge in [0.1, 0.15) is 0 Å². The molecule has 0 aliphatic carbocycles. The number of para-hydroxylation sites is 3. The predicted octanol–water partition coefficient (Wildman–Crippen LogP) is 9.75. The molecule has 1 aliphatic rings. The molecule has 7 rings (SSSR count). The molecule has 0 spiro atoms. The Hall–Kier alpha value is -4.82. The monoisotopic (exact) mass is 461 g/mol. The zero-order valence-electron chi connectivity index (χ0n) is 19.6. The third-order valence-electron chi connectivity index (χ3n) is 6.86. The highest BCUT2D eigenvalue weighted by Gasteiger charge is 2.25. The number of rotatable bonds is 3. The van der Waals surface area contributed by atoms with E-state index in [2.05, 4.69) is 126 Å². The fourth-order valence-electron chi connectivity index (χ4n) is 5.11. The highest BCUT2D eigenvalue weighted by molar-refractivity contribution is 5.97. The van der Waals surface area contributed by atoms with E-state index in [1.165, 1.54) is 21.9 Å². The summed E-state index contributed by atoms with van der Waals surface area (Å²) in [6.45, 7) is 0. The number of hydrogen-bond donors (Lipinski definition) is 0. The molecule has 0 saturated carbocycles. The molecule has 0 unspecified atom stereocenters. The first-order valence-corrected chi connectivity index (χ1v) is 12.2. The lowest BCUT2D eigenvalue weighted by Crippen LogP contribution is -2.15. The van der Waals surface area contributed by atoms with Gasteiger partial charge in [0.15, 0.2) is 11.5 Å². The van der Waals surface area contributed by atoms with E-state index in [9.17, 15) is 0 Å². The molecule has 0 amide bonds. The van der Waals surface area contributed by atoms with Gasteiger partial charge in [0.05, 0.1) is 11.4 Å². The van der Waals surface area contributed by atoms with Crippen molar-refractivity contribution in [2.24, 2.45) is 0 Å². The van der Waals surface area contributed by atoms with Crippen LogP contribution in [-0.2, 0) is 0 Å². The molecule has 0 atom stereocenters. The number of anilines is 3. The molecular weight excluding hydrogens is 438 g/mol. The summed E-state index contributed by atoms with van der Waals surface area (Å²) < 4.78 is 6.39. The number of fused-ring (bicyclic) bond motifs is 3. The Morgan fingerprint density at radius 1 is 0.444 bits per heavy atom. The first-order valence-electron chi connectivity index (χ1n) is 12.2. The predicted molar refractivity (Wildman–Crippen MR) is 150 cm³/mol. The lowest BCUT2D eigenvalue weighted by atomic mass is 9.96. The third-order valence-corrected chi connectivity index (χ3v) is 6.86. The van der Waals surface area contributed by atoms with Crippen molar-refractivity contribution < 1.29 is 4.74 Å². The molecule has 2 nitrogen and oxygen atoms in total. The van der Waals surface area contributed by atoms with Crippen LogP contribution in [0.2, 0.25) is 0 Å². The summed E-state index contributed by atoms with van der Waals surface area (Å²) in [5.74, 6) is 1.71. The molecule has 0 aromatic heterocycles. The topological polar surface area (TPSA) is 12.5 Å². The Labute approximate surface area is 210 Å². The lowest BCUT2D eigenvalue weighted by molar-refractivity contribution is 0.477. The van der Waals surface area contributed by atoms with E-state index in [0.29, 0.717) is 0 Å². The van der Waals surface area contributed by atoms with Gasteiger partial charge in [-0.3, -0.25) is 0 Å². The van der Waals surface area contributed by atoms with Crippen LogP contribution in [0.5, 0.6) is 11.5 Å². The van der Waals surface area contributed by atoms with Gasteiger partial charge in [-0.25, -0.2) is 0 Å². The summed E-state index contributed by atoms with van der Waals surface area (Å²) in [5, 5.41) is 2.53. The Balaban J connectivity index is 1.28. The summed E-state index contributed by atoms with van der Waals surface area (Å²) in [7, 11) is 0. The third kappa shape index (κ3) is 3.43. The summed E-state index contributed by atoms with van der Waals surface area (Å²) >= 11 is 0. The Morgan fingerprint density at radius 3 is 2.00 bits per heavy atom. The second-order valence-electron chi connectivity index (χ2n) is 9.03. The first kappa shape index (κ1) is 20.5. The second kappa shape index (κ2) is 8.44. The van der Waals surface area contributed by atoms with Gasteiger partial charge in [0.25, 0.3) is 0 Å². The van der Waals surface area contributed by atoms with E-state index in [4.69, 9.17) is 4.74 Å². The zero-order chi connectivity index (χ0) is 23.9. The van der Waals surface area contributed by atoms with Crippen LogP contribution in [0.1, 0.15) is 0 Å². The van der Waals surface area contributed by atoms with Crippen molar-refractivity contribution >= 4 is 27.8 Å². The summed E-state index contributed by atoms with van der Waals surface area (Å²) in [5.41, 5.74) is 7.96. The van der Waals surface area contributed by atoms with Crippen molar-refractivity contribution in [1.29, 1.82) is 0 Å². The molecule has 0 fully saturated rings.